The van der Waals surface area contributed by atoms with Crippen molar-refractivity contribution in [2.75, 3.05) is 5.75 Å². The zero-order valence-corrected chi connectivity index (χ0v) is 19.4. The van der Waals surface area contributed by atoms with Gasteiger partial charge in [-0.25, -0.2) is 0 Å². The van der Waals surface area contributed by atoms with Gasteiger partial charge in [0.25, 0.3) is 0 Å². The molecule has 0 radical (unpaired) electrons. The van der Waals surface area contributed by atoms with E-state index in [0.717, 1.165) is 35.1 Å². The molecule has 3 aromatic rings. The number of amides is 1. The molecule has 0 unspecified atom stereocenters. The zero-order chi connectivity index (χ0) is 21.8. The van der Waals surface area contributed by atoms with Crippen LogP contribution in [0, 0.1) is 0 Å². The van der Waals surface area contributed by atoms with Gasteiger partial charge in [-0.2, -0.15) is 0 Å². The number of carbonyl (C=O) groups is 1. The fraction of sp³-hybridized carbons (Fsp3) is 0.375. The summed E-state index contributed by atoms with van der Waals surface area (Å²) in [5.74, 6) is 1.36. The van der Waals surface area contributed by atoms with Crippen LogP contribution in [0.1, 0.15) is 44.5 Å². The van der Waals surface area contributed by atoms with Gasteiger partial charge in [0, 0.05) is 29.2 Å². The van der Waals surface area contributed by atoms with Gasteiger partial charge in [-0.15, -0.1) is 10.2 Å². The summed E-state index contributed by atoms with van der Waals surface area (Å²) in [5, 5.41) is 10.3. The first kappa shape index (κ1) is 21.9. The summed E-state index contributed by atoms with van der Waals surface area (Å²) in [5.41, 5.74) is 2.10. The van der Waals surface area contributed by atoms with E-state index in [1.807, 2.05) is 51.9 Å². The van der Waals surface area contributed by atoms with Crippen molar-refractivity contribution in [2.24, 2.45) is 0 Å². The third-order valence-electron chi connectivity index (χ3n) is 5.80. The van der Waals surface area contributed by atoms with Gasteiger partial charge in [0.2, 0.25) is 5.91 Å². The largest absolute Gasteiger partial charge is 0.337 e. The number of hydrogen-bond acceptors (Lipinski definition) is 4. The molecule has 2 heterocycles. The third-order valence-corrected chi connectivity index (χ3v) is 6.96. The van der Waals surface area contributed by atoms with Crippen molar-refractivity contribution in [3.63, 3.8) is 0 Å². The molecule has 0 bridgehead atoms. The maximum Gasteiger partial charge on any atom is 0.233 e. The number of piperidine rings is 1. The van der Waals surface area contributed by atoms with E-state index < -0.39 is 0 Å². The normalized spacial score (nSPS) is 18.9. The van der Waals surface area contributed by atoms with E-state index in [1.54, 1.807) is 0 Å². The van der Waals surface area contributed by atoms with Crippen molar-refractivity contribution in [3.8, 4) is 5.69 Å². The Morgan fingerprint density at radius 3 is 2.39 bits per heavy atom. The van der Waals surface area contributed by atoms with Crippen LogP contribution in [0.2, 0.25) is 5.02 Å². The Morgan fingerprint density at radius 1 is 1.03 bits per heavy atom. The molecule has 4 rings (SSSR count). The predicted octanol–water partition coefficient (Wildman–Crippen LogP) is 5.39. The summed E-state index contributed by atoms with van der Waals surface area (Å²) in [6.07, 6.45) is 3.99. The monoisotopic (exact) mass is 454 g/mol. The highest BCUT2D eigenvalue weighted by atomic mass is 35.5. The highest BCUT2D eigenvalue weighted by Gasteiger charge is 2.29. The van der Waals surface area contributed by atoms with Crippen LogP contribution in [0.25, 0.3) is 5.69 Å². The molecule has 1 aliphatic rings. The van der Waals surface area contributed by atoms with Crippen molar-refractivity contribution >= 4 is 29.3 Å². The number of aromatic nitrogens is 3. The number of hydrogen-bond donors (Lipinski definition) is 0. The number of rotatable bonds is 6. The Hall–Kier alpha value is -2.31. The van der Waals surface area contributed by atoms with E-state index in [2.05, 4.69) is 36.2 Å². The minimum Gasteiger partial charge on any atom is -0.337 e. The third kappa shape index (κ3) is 5.13. The van der Waals surface area contributed by atoms with Gasteiger partial charge in [-0.1, -0.05) is 53.7 Å². The van der Waals surface area contributed by atoms with E-state index in [9.17, 15) is 4.79 Å². The Labute approximate surface area is 192 Å². The second-order valence-corrected chi connectivity index (χ2v) is 9.47. The molecule has 0 N–H and O–H groups in total. The number of thioether (sulfide) groups is 1. The molecule has 2 atom stereocenters. The summed E-state index contributed by atoms with van der Waals surface area (Å²) in [7, 11) is 0. The Bertz CT molecular complexity index is 1010. The fourth-order valence-corrected chi connectivity index (χ4v) is 5.22. The minimum atomic E-state index is 0.167. The van der Waals surface area contributed by atoms with E-state index >= 15 is 0 Å². The van der Waals surface area contributed by atoms with Crippen LogP contribution in [0.4, 0.5) is 0 Å². The number of likely N-dealkylation sites (tertiary alicyclic amines) is 1. The molecule has 1 fully saturated rings. The molecule has 0 spiro atoms. The van der Waals surface area contributed by atoms with Crippen LogP contribution >= 0.6 is 23.4 Å². The molecule has 31 heavy (non-hydrogen) atoms. The van der Waals surface area contributed by atoms with Gasteiger partial charge in [0.15, 0.2) is 5.16 Å². The lowest BCUT2D eigenvalue weighted by molar-refractivity contribution is -0.134. The summed E-state index contributed by atoms with van der Waals surface area (Å²) in [6.45, 7) is 4.29. The number of nitrogens with zero attached hydrogens (tertiary/aromatic N) is 4. The van der Waals surface area contributed by atoms with Gasteiger partial charge in [-0.3, -0.25) is 9.36 Å². The minimum absolute atomic E-state index is 0.167. The summed E-state index contributed by atoms with van der Waals surface area (Å²) < 4.78 is 2.03. The quantitative estimate of drug-likeness (QED) is 0.468. The first-order chi connectivity index (χ1) is 15.0. The van der Waals surface area contributed by atoms with Crippen LogP contribution in [0.15, 0.2) is 59.8 Å². The lowest BCUT2D eigenvalue weighted by atomic mass is 9.98. The van der Waals surface area contributed by atoms with Gasteiger partial charge < -0.3 is 4.90 Å². The number of benzene rings is 2. The van der Waals surface area contributed by atoms with Gasteiger partial charge in [0.05, 0.1) is 5.75 Å². The second-order valence-electron chi connectivity index (χ2n) is 8.09. The van der Waals surface area contributed by atoms with Crippen LogP contribution in [0.5, 0.6) is 0 Å². The zero-order valence-electron chi connectivity index (χ0n) is 17.9. The van der Waals surface area contributed by atoms with Gasteiger partial charge >= 0.3 is 0 Å². The van der Waals surface area contributed by atoms with E-state index in [1.165, 1.54) is 18.2 Å². The first-order valence-corrected chi connectivity index (χ1v) is 12.1. The van der Waals surface area contributed by atoms with Crippen molar-refractivity contribution < 1.29 is 4.79 Å². The molecule has 7 heteroatoms. The average Bonchev–Trinajstić information content (AvgIpc) is 3.16. The van der Waals surface area contributed by atoms with E-state index in [0.29, 0.717) is 29.3 Å². The lowest BCUT2D eigenvalue weighted by Crippen LogP contribution is -2.48. The first-order valence-electron chi connectivity index (χ1n) is 10.7. The molecular formula is C24H27ClN4OS. The molecule has 2 aromatic carbocycles. The topological polar surface area (TPSA) is 51.0 Å². The predicted molar refractivity (Wildman–Crippen MR) is 126 cm³/mol. The lowest BCUT2D eigenvalue weighted by Gasteiger charge is -2.39. The Kier molecular flexibility index (Phi) is 6.98. The number of halogens is 1. The van der Waals surface area contributed by atoms with Crippen molar-refractivity contribution in [3.05, 3.63) is 71.0 Å². The van der Waals surface area contributed by atoms with Crippen LogP contribution < -0.4 is 0 Å². The Morgan fingerprint density at radius 2 is 1.71 bits per heavy atom. The van der Waals surface area contributed by atoms with Crippen molar-refractivity contribution in [1.29, 1.82) is 0 Å². The SMILES string of the molecule is C[C@@H]1CCC[C@@H](C)N1C(=O)CSc1nnc(Cc2ccccc2)n1-c1ccc(Cl)cc1. The summed E-state index contributed by atoms with van der Waals surface area (Å²) >= 11 is 7.55. The maximum atomic E-state index is 13.0. The number of carbonyl (C=O) groups excluding carboxylic acids is 1. The average molecular weight is 455 g/mol. The highest BCUT2D eigenvalue weighted by Crippen LogP contribution is 2.27. The standard InChI is InChI=1S/C24H27ClN4OS/c1-17-7-6-8-18(2)28(17)23(30)16-31-24-27-26-22(15-19-9-4-3-5-10-19)29(24)21-13-11-20(25)12-14-21/h3-5,9-14,17-18H,6-8,15-16H2,1-2H3/t17-,18-/m1/s1. The smallest absolute Gasteiger partial charge is 0.233 e. The second kappa shape index (κ2) is 9.88. The van der Waals surface area contributed by atoms with Crippen LogP contribution in [0.3, 0.4) is 0 Å². The van der Waals surface area contributed by atoms with Crippen molar-refractivity contribution in [2.45, 2.75) is 56.8 Å². The van der Waals surface area contributed by atoms with E-state index in [4.69, 9.17) is 11.6 Å². The van der Waals surface area contributed by atoms with Crippen molar-refractivity contribution in [1.82, 2.24) is 19.7 Å². The van der Waals surface area contributed by atoms with Gasteiger partial charge in [0.1, 0.15) is 5.82 Å². The highest BCUT2D eigenvalue weighted by molar-refractivity contribution is 7.99. The molecule has 5 nitrogen and oxygen atoms in total. The van der Waals surface area contributed by atoms with Crippen LogP contribution in [-0.2, 0) is 11.2 Å². The summed E-state index contributed by atoms with van der Waals surface area (Å²) in [4.78, 5) is 15.1. The molecule has 1 saturated heterocycles. The molecule has 162 valence electrons. The Balaban J connectivity index is 1.58. The van der Waals surface area contributed by atoms with Crippen LogP contribution in [-0.4, -0.2) is 43.4 Å². The molecule has 1 aliphatic heterocycles. The molecular weight excluding hydrogens is 428 g/mol. The molecule has 1 aromatic heterocycles. The maximum absolute atomic E-state index is 13.0. The fourth-order valence-electron chi connectivity index (χ4n) is 4.25. The van der Waals surface area contributed by atoms with E-state index in [-0.39, 0.29) is 5.91 Å². The molecule has 0 saturated carbocycles. The molecule has 0 aliphatic carbocycles. The summed E-state index contributed by atoms with van der Waals surface area (Å²) in [6, 6.07) is 18.4. The van der Waals surface area contributed by atoms with Gasteiger partial charge in [-0.05, 0) is 62.9 Å². The molecule has 1 amide bonds.